The molecule has 0 spiro atoms. The van der Waals surface area contributed by atoms with Crippen molar-refractivity contribution in [2.75, 3.05) is 44.2 Å². The van der Waals surface area contributed by atoms with Gasteiger partial charge in [0.2, 0.25) is 0 Å². The number of aliphatic hydroxyl groups is 1. The molecule has 3 atom stereocenters. The Bertz CT molecular complexity index is 460. The second-order valence-corrected chi connectivity index (χ2v) is 7.06. The first-order valence-electron chi connectivity index (χ1n) is 9.04. The van der Waals surface area contributed by atoms with Crippen molar-refractivity contribution >= 4 is 5.69 Å². The van der Waals surface area contributed by atoms with Gasteiger partial charge in [0.25, 0.3) is 0 Å². The zero-order valence-corrected chi connectivity index (χ0v) is 14.2. The molecule has 1 heterocycles. The first-order valence-corrected chi connectivity index (χ1v) is 9.04. The lowest BCUT2D eigenvalue weighted by Gasteiger charge is -2.37. The van der Waals surface area contributed by atoms with Crippen molar-refractivity contribution in [1.29, 1.82) is 0 Å². The van der Waals surface area contributed by atoms with E-state index < -0.39 is 0 Å². The molecule has 0 amide bonds. The van der Waals surface area contributed by atoms with Crippen molar-refractivity contribution in [3.63, 3.8) is 0 Å². The lowest BCUT2D eigenvalue weighted by molar-refractivity contribution is -0.0321. The smallest absolute Gasteiger partial charge is 0.0900 e. The fraction of sp³-hybridized carbons (Fsp3) is 0.684. The molecular weight excluding hydrogens is 288 g/mol. The lowest BCUT2D eigenvalue weighted by Crippen LogP contribution is -2.49. The van der Waals surface area contributed by atoms with Crippen LogP contribution >= 0.6 is 0 Å². The van der Waals surface area contributed by atoms with Crippen LogP contribution in [0.2, 0.25) is 0 Å². The minimum absolute atomic E-state index is 0.361. The van der Waals surface area contributed by atoms with Crippen molar-refractivity contribution in [2.45, 2.75) is 38.4 Å². The van der Waals surface area contributed by atoms with E-state index in [0.717, 1.165) is 39.1 Å². The van der Waals surface area contributed by atoms with Gasteiger partial charge in [0.1, 0.15) is 0 Å². The van der Waals surface area contributed by atoms with Crippen molar-refractivity contribution in [3.8, 4) is 0 Å². The summed E-state index contributed by atoms with van der Waals surface area (Å²) in [5.41, 5.74) is 1.30. The molecule has 23 heavy (non-hydrogen) atoms. The van der Waals surface area contributed by atoms with Crippen LogP contribution in [0.15, 0.2) is 30.3 Å². The molecule has 4 nitrogen and oxygen atoms in total. The summed E-state index contributed by atoms with van der Waals surface area (Å²) in [4.78, 5) is 4.77. The van der Waals surface area contributed by atoms with Gasteiger partial charge in [-0.3, -0.25) is 4.90 Å². The van der Waals surface area contributed by atoms with Gasteiger partial charge in [-0.15, -0.1) is 0 Å². The van der Waals surface area contributed by atoms with Gasteiger partial charge in [0.05, 0.1) is 18.8 Å². The predicted octanol–water partition coefficient (Wildman–Crippen LogP) is 2.37. The second-order valence-electron chi connectivity index (χ2n) is 7.06. The summed E-state index contributed by atoms with van der Waals surface area (Å²) in [6.07, 6.45) is 3.68. The van der Waals surface area contributed by atoms with Crippen LogP contribution in [-0.2, 0) is 4.74 Å². The topological polar surface area (TPSA) is 35.9 Å². The molecule has 128 valence electrons. The molecule has 4 heteroatoms. The molecule has 1 aliphatic heterocycles. The zero-order chi connectivity index (χ0) is 16.1. The highest BCUT2D eigenvalue weighted by atomic mass is 16.5. The molecule has 1 aromatic carbocycles. The standard InChI is InChI=1S/C19H30N2O2/c1-16-6-5-9-19(16)23-15-18(22)14-20-10-12-21(13-11-20)17-7-3-2-4-8-17/h2-4,7-8,16,18-19,22H,5-6,9-15H2,1H3/t16-,18+,19+/m1/s1. The minimum Gasteiger partial charge on any atom is -0.389 e. The first kappa shape index (κ1) is 16.7. The largest absolute Gasteiger partial charge is 0.389 e. The first-order chi connectivity index (χ1) is 11.2. The van der Waals surface area contributed by atoms with E-state index >= 15 is 0 Å². The molecule has 1 aromatic rings. The van der Waals surface area contributed by atoms with Crippen LogP contribution in [0.1, 0.15) is 26.2 Å². The fourth-order valence-corrected chi connectivity index (χ4v) is 3.77. The maximum atomic E-state index is 10.3. The summed E-state index contributed by atoms with van der Waals surface area (Å²) in [6, 6.07) is 10.6. The van der Waals surface area contributed by atoms with E-state index in [1.807, 2.05) is 0 Å². The fourth-order valence-electron chi connectivity index (χ4n) is 3.77. The number of para-hydroxylation sites is 1. The van der Waals surface area contributed by atoms with Gasteiger partial charge in [-0.1, -0.05) is 31.5 Å². The molecule has 0 bridgehead atoms. The third-order valence-electron chi connectivity index (χ3n) is 5.25. The molecule has 1 saturated carbocycles. The molecular formula is C19H30N2O2. The Hall–Kier alpha value is -1.10. The van der Waals surface area contributed by atoms with Crippen molar-refractivity contribution < 1.29 is 9.84 Å². The van der Waals surface area contributed by atoms with Crippen LogP contribution in [0.5, 0.6) is 0 Å². The SMILES string of the molecule is C[C@@H]1CCC[C@@H]1OC[C@@H](O)CN1CCN(c2ccccc2)CC1. The van der Waals surface area contributed by atoms with Crippen LogP contribution in [0.25, 0.3) is 0 Å². The highest BCUT2D eigenvalue weighted by Crippen LogP contribution is 2.27. The lowest BCUT2D eigenvalue weighted by atomic mass is 10.1. The highest BCUT2D eigenvalue weighted by Gasteiger charge is 2.25. The Kier molecular flexibility index (Phi) is 5.92. The second kappa shape index (κ2) is 8.13. The summed E-state index contributed by atoms with van der Waals surface area (Å²) in [7, 11) is 0. The number of nitrogens with zero attached hydrogens (tertiary/aromatic N) is 2. The molecule has 1 saturated heterocycles. The maximum Gasteiger partial charge on any atom is 0.0900 e. The number of β-amino-alcohol motifs (C(OH)–C–C–N with tert-alkyl or cyclic N) is 1. The molecule has 3 rings (SSSR count). The summed E-state index contributed by atoms with van der Waals surface area (Å²) in [5.74, 6) is 0.650. The van der Waals surface area contributed by atoms with Gasteiger partial charge in [0, 0.05) is 38.4 Å². The molecule has 1 N–H and O–H groups in total. The van der Waals surface area contributed by atoms with Crippen LogP contribution in [0, 0.1) is 5.92 Å². The van der Waals surface area contributed by atoms with E-state index in [9.17, 15) is 5.11 Å². The van der Waals surface area contributed by atoms with Gasteiger partial charge in [-0.25, -0.2) is 0 Å². The van der Waals surface area contributed by atoms with Gasteiger partial charge < -0.3 is 14.7 Å². The Labute approximate surface area is 140 Å². The third kappa shape index (κ3) is 4.69. The van der Waals surface area contributed by atoms with Gasteiger partial charge in [0.15, 0.2) is 0 Å². The number of ether oxygens (including phenoxy) is 1. The molecule has 0 unspecified atom stereocenters. The Morgan fingerprint density at radius 1 is 1.13 bits per heavy atom. The van der Waals surface area contributed by atoms with E-state index in [-0.39, 0.29) is 6.10 Å². The Morgan fingerprint density at radius 2 is 1.87 bits per heavy atom. The number of benzene rings is 1. The van der Waals surface area contributed by atoms with E-state index in [2.05, 4.69) is 47.1 Å². The Balaban J connectivity index is 1.36. The van der Waals surface area contributed by atoms with Crippen LogP contribution in [-0.4, -0.2) is 61.5 Å². The average molecular weight is 318 g/mol. The third-order valence-corrected chi connectivity index (χ3v) is 5.25. The average Bonchev–Trinajstić information content (AvgIpc) is 3.00. The van der Waals surface area contributed by atoms with Gasteiger partial charge >= 0.3 is 0 Å². The zero-order valence-electron chi connectivity index (χ0n) is 14.2. The van der Waals surface area contributed by atoms with E-state index in [1.54, 1.807) is 0 Å². The predicted molar refractivity (Wildman–Crippen MR) is 93.9 cm³/mol. The maximum absolute atomic E-state index is 10.3. The number of hydrogen-bond acceptors (Lipinski definition) is 4. The van der Waals surface area contributed by atoms with Crippen LogP contribution in [0.4, 0.5) is 5.69 Å². The monoisotopic (exact) mass is 318 g/mol. The van der Waals surface area contributed by atoms with E-state index in [0.29, 0.717) is 18.6 Å². The summed E-state index contributed by atoms with van der Waals surface area (Å²) >= 11 is 0. The molecule has 0 aromatic heterocycles. The summed E-state index contributed by atoms with van der Waals surface area (Å²) < 4.78 is 5.92. The van der Waals surface area contributed by atoms with Crippen LogP contribution in [0.3, 0.4) is 0 Å². The van der Waals surface area contributed by atoms with Crippen molar-refractivity contribution in [3.05, 3.63) is 30.3 Å². The van der Waals surface area contributed by atoms with E-state index in [4.69, 9.17) is 4.74 Å². The highest BCUT2D eigenvalue weighted by molar-refractivity contribution is 5.46. The molecule has 2 fully saturated rings. The number of anilines is 1. The number of aliphatic hydroxyl groups excluding tert-OH is 1. The number of rotatable bonds is 6. The summed E-state index contributed by atoms with van der Waals surface area (Å²) in [5, 5.41) is 10.3. The number of hydrogen-bond donors (Lipinski definition) is 1. The van der Waals surface area contributed by atoms with Crippen LogP contribution < -0.4 is 4.90 Å². The van der Waals surface area contributed by atoms with Gasteiger partial charge in [-0.2, -0.15) is 0 Å². The molecule has 2 aliphatic rings. The number of piperazine rings is 1. The quantitative estimate of drug-likeness (QED) is 0.873. The molecule has 0 radical (unpaired) electrons. The van der Waals surface area contributed by atoms with Crippen molar-refractivity contribution in [2.24, 2.45) is 5.92 Å². The minimum atomic E-state index is -0.369. The van der Waals surface area contributed by atoms with E-state index in [1.165, 1.54) is 18.5 Å². The Morgan fingerprint density at radius 3 is 2.52 bits per heavy atom. The summed E-state index contributed by atoms with van der Waals surface area (Å²) in [6.45, 7) is 7.52. The molecule has 1 aliphatic carbocycles. The van der Waals surface area contributed by atoms with Gasteiger partial charge in [-0.05, 0) is 30.9 Å². The van der Waals surface area contributed by atoms with Crippen molar-refractivity contribution in [1.82, 2.24) is 4.90 Å². The normalized spacial score (nSPS) is 27.3.